The molecule has 0 fully saturated rings. The summed E-state index contributed by atoms with van der Waals surface area (Å²) in [6.07, 6.45) is 0. The molecule has 0 aliphatic heterocycles. The van der Waals surface area contributed by atoms with Crippen LogP contribution in [0, 0.1) is 11.6 Å². The van der Waals surface area contributed by atoms with Crippen LogP contribution in [0.5, 0.6) is 5.75 Å². The maximum absolute atomic E-state index is 13.4. The largest absolute Gasteiger partial charge is 0.489 e. The fourth-order valence-electron chi connectivity index (χ4n) is 1.40. The fourth-order valence-corrected chi connectivity index (χ4v) is 1.56. The van der Waals surface area contributed by atoms with Crippen LogP contribution in [0.2, 0.25) is 5.02 Å². The van der Waals surface area contributed by atoms with E-state index >= 15 is 0 Å². The first-order valence-electron chi connectivity index (χ1n) is 5.18. The summed E-state index contributed by atoms with van der Waals surface area (Å²) < 4.78 is 31.8. The van der Waals surface area contributed by atoms with Gasteiger partial charge in [0.25, 0.3) is 0 Å². The average Bonchev–Trinajstić information content (AvgIpc) is 2.32. The summed E-state index contributed by atoms with van der Waals surface area (Å²) in [7, 11) is 0. The maximum atomic E-state index is 13.4. The Bertz CT molecular complexity index is 575. The van der Waals surface area contributed by atoms with E-state index in [-0.39, 0.29) is 18.0 Å². The minimum absolute atomic E-state index is 0.00758. The van der Waals surface area contributed by atoms with Crippen molar-refractivity contribution < 1.29 is 13.5 Å². The number of hydrogen-bond donors (Lipinski definition) is 1. The quantitative estimate of drug-likeness (QED) is 0.861. The van der Waals surface area contributed by atoms with Crippen LogP contribution < -0.4 is 10.5 Å². The van der Waals surface area contributed by atoms with Gasteiger partial charge in [0.15, 0.2) is 0 Å². The molecule has 0 heterocycles. The monoisotopic (exact) mass is 269 g/mol. The molecule has 0 spiro atoms. The molecule has 18 heavy (non-hydrogen) atoms. The van der Waals surface area contributed by atoms with Crippen LogP contribution >= 0.6 is 11.6 Å². The number of halogens is 3. The SMILES string of the molecule is Nc1ccc(OCc2ccc(Cl)cc2F)cc1F. The number of nitrogen functional groups attached to an aromatic ring is 1. The summed E-state index contributed by atoms with van der Waals surface area (Å²) in [6, 6.07) is 8.35. The summed E-state index contributed by atoms with van der Waals surface area (Å²) in [5, 5.41) is 0.315. The molecule has 5 heteroatoms. The highest BCUT2D eigenvalue weighted by molar-refractivity contribution is 6.30. The van der Waals surface area contributed by atoms with E-state index in [2.05, 4.69) is 0 Å². The van der Waals surface area contributed by atoms with E-state index < -0.39 is 11.6 Å². The van der Waals surface area contributed by atoms with Gasteiger partial charge in [-0.15, -0.1) is 0 Å². The molecule has 2 aromatic carbocycles. The third kappa shape index (κ3) is 2.90. The van der Waals surface area contributed by atoms with Crippen LogP contribution in [-0.2, 0) is 6.61 Å². The molecule has 2 N–H and O–H groups in total. The highest BCUT2D eigenvalue weighted by atomic mass is 35.5. The van der Waals surface area contributed by atoms with E-state index in [0.29, 0.717) is 10.6 Å². The summed E-state index contributed by atoms with van der Waals surface area (Å²) in [5.74, 6) is -0.737. The number of anilines is 1. The highest BCUT2D eigenvalue weighted by Crippen LogP contribution is 2.20. The standard InChI is InChI=1S/C13H10ClF2NO/c14-9-2-1-8(11(15)5-9)7-18-10-3-4-13(17)12(16)6-10/h1-6H,7,17H2. The second-order valence-electron chi connectivity index (χ2n) is 3.71. The lowest BCUT2D eigenvalue weighted by atomic mass is 10.2. The molecule has 0 aromatic heterocycles. The predicted octanol–water partition coefficient (Wildman–Crippen LogP) is 3.78. The van der Waals surface area contributed by atoms with Crippen molar-refractivity contribution in [3.63, 3.8) is 0 Å². The van der Waals surface area contributed by atoms with E-state index in [9.17, 15) is 8.78 Å². The zero-order valence-corrected chi connectivity index (χ0v) is 10.0. The summed E-state index contributed by atoms with van der Waals surface area (Å²) in [6.45, 7) is -0.00758. The number of nitrogens with two attached hydrogens (primary N) is 1. The number of hydrogen-bond acceptors (Lipinski definition) is 2. The van der Waals surface area contributed by atoms with Gasteiger partial charge in [0.2, 0.25) is 0 Å². The van der Waals surface area contributed by atoms with Crippen molar-refractivity contribution in [3.05, 3.63) is 58.6 Å². The molecule has 0 radical (unpaired) electrons. The van der Waals surface area contributed by atoms with Gasteiger partial charge in [-0.3, -0.25) is 0 Å². The van der Waals surface area contributed by atoms with Gasteiger partial charge >= 0.3 is 0 Å². The van der Waals surface area contributed by atoms with E-state index in [0.717, 1.165) is 6.07 Å². The minimum atomic E-state index is -0.566. The van der Waals surface area contributed by atoms with E-state index in [1.807, 2.05) is 0 Å². The highest BCUT2D eigenvalue weighted by Gasteiger charge is 2.05. The zero-order valence-electron chi connectivity index (χ0n) is 9.29. The Kier molecular flexibility index (Phi) is 3.67. The van der Waals surface area contributed by atoms with E-state index in [4.69, 9.17) is 22.1 Å². The van der Waals surface area contributed by atoms with Crippen molar-refractivity contribution in [1.82, 2.24) is 0 Å². The van der Waals surface area contributed by atoms with E-state index in [1.165, 1.54) is 24.3 Å². The molecule has 0 atom stereocenters. The van der Waals surface area contributed by atoms with Crippen molar-refractivity contribution in [2.45, 2.75) is 6.61 Å². The lowest BCUT2D eigenvalue weighted by Gasteiger charge is -2.08. The van der Waals surface area contributed by atoms with Crippen molar-refractivity contribution in [2.24, 2.45) is 0 Å². The maximum Gasteiger partial charge on any atom is 0.149 e. The van der Waals surface area contributed by atoms with Crippen LogP contribution in [0.25, 0.3) is 0 Å². The van der Waals surface area contributed by atoms with Gasteiger partial charge in [0, 0.05) is 16.7 Å². The smallest absolute Gasteiger partial charge is 0.149 e. The summed E-state index contributed by atoms with van der Waals surface area (Å²) >= 11 is 5.63. The Balaban J connectivity index is 2.09. The lowest BCUT2D eigenvalue weighted by Crippen LogP contribution is -1.99. The molecule has 0 bridgehead atoms. The van der Waals surface area contributed by atoms with Gasteiger partial charge < -0.3 is 10.5 Å². The second-order valence-corrected chi connectivity index (χ2v) is 4.14. The zero-order chi connectivity index (χ0) is 13.1. The minimum Gasteiger partial charge on any atom is -0.489 e. The molecule has 0 saturated carbocycles. The Labute approximate surface area is 108 Å². The Hall–Kier alpha value is -1.81. The van der Waals surface area contributed by atoms with Gasteiger partial charge in [0.05, 0.1) is 5.69 Å². The molecule has 2 nitrogen and oxygen atoms in total. The molecule has 2 aromatic rings. The average molecular weight is 270 g/mol. The van der Waals surface area contributed by atoms with Crippen molar-refractivity contribution in [2.75, 3.05) is 5.73 Å². The van der Waals surface area contributed by atoms with Gasteiger partial charge in [-0.2, -0.15) is 0 Å². The number of rotatable bonds is 3. The normalized spacial score (nSPS) is 10.4. The van der Waals surface area contributed by atoms with Crippen LogP contribution in [0.3, 0.4) is 0 Å². The third-order valence-corrected chi connectivity index (χ3v) is 2.62. The van der Waals surface area contributed by atoms with Crippen LogP contribution in [0.15, 0.2) is 36.4 Å². The second kappa shape index (κ2) is 5.23. The molecule has 0 unspecified atom stereocenters. The van der Waals surface area contributed by atoms with Gasteiger partial charge in [0.1, 0.15) is 24.0 Å². The number of ether oxygens (including phenoxy) is 1. The molecule has 0 aliphatic carbocycles. The molecule has 0 amide bonds. The van der Waals surface area contributed by atoms with Gasteiger partial charge in [-0.05, 0) is 24.3 Å². The molecule has 94 valence electrons. The molecular formula is C13H10ClF2NO. The van der Waals surface area contributed by atoms with Crippen LogP contribution in [0.1, 0.15) is 5.56 Å². The molecular weight excluding hydrogens is 260 g/mol. The Morgan fingerprint density at radius 2 is 1.83 bits per heavy atom. The van der Waals surface area contributed by atoms with Crippen molar-refractivity contribution >= 4 is 17.3 Å². The summed E-state index contributed by atoms with van der Waals surface area (Å²) in [4.78, 5) is 0. The lowest BCUT2D eigenvalue weighted by molar-refractivity contribution is 0.298. The Morgan fingerprint density at radius 1 is 1.06 bits per heavy atom. The molecule has 0 aliphatic rings. The first-order valence-corrected chi connectivity index (χ1v) is 5.56. The van der Waals surface area contributed by atoms with Gasteiger partial charge in [-0.1, -0.05) is 17.7 Å². The predicted molar refractivity (Wildman–Crippen MR) is 66.6 cm³/mol. The van der Waals surface area contributed by atoms with Gasteiger partial charge in [-0.25, -0.2) is 8.78 Å². The fraction of sp³-hybridized carbons (Fsp3) is 0.0769. The third-order valence-electron chi connectivity index (χ3n) is 2.38. The number of benzene rings is 2. The van der Waals surface area contributed by atoms with Crippen molar-refractivity contribution in [3.8, 4) is 5.75 Å². The molecule has 2 rings (SSSR count). The Morgan fingerprint density at radius 3 is 2.50 bits per heavy atom. The van der Waals surface area contributed by atoms with Crippen LogP contribution in [-0.4, -0.2) is 0 Å². The molecule has 0 saturated heterocycles. The first-order chi connectivity index (χ1) is 8.56. The summed E-state index contributed by atoms with van der Waals surface area (Å²) in [5.41, 5.74) is 5.72. The van der Waals surface area contributed by atoms with Crippen molar-refractivity contribution in [1.29, 1.82) is 0 Å². The first kappa shape index (κ1) is 12.6. The van der Waals surface area contributed by atoms with E-state index in [1.54, 1.807) is 6.07 Å². The topological polar surface area (TPSA) is 35.2 Å². The van der Waals surface area contributed by atoms with Crippen LogP contribution in [0.4, 0.5) is 14.5 Å².